The van der Waals surface area contributed by atoms with Gasteiger partial charge in [-0.3, -0.25) is 14.4 Å². The van der Waals surface area contributed by atoms with Crippen molar-refractivity contribution in [3.05, 3.63) is 88.1 Å². The summed E-state index contributed by atoms with van der Waals surface area (Å²) in [6.07, 6.45) is 0.0426. The second-order valence-corrected chi connectivity index (χ2v) is 8.72. The molecule has 1 N–H and O–H groups in total. The van der Waals surface area contributed by atoms with Crippen molar-refractivity contribution in [3.63, 3.8) is 0 Å². The third-order valence-electron chi connectivity index (χ3n) is 5.45. The van der Waals surface area contributed by atoms with Crippen LogP contribution in [0.15, 0.2) is 72.1 Å². The van der Waals surface area contributed by atoms with Gasteiger partial charge in [0.25, 0.3) is 5.91 Å². The number of nitrogens with one attached hydrogen (secondary N) is 1. The quantitative estimate of drug-likeness (QED) is 0.554. The highest BCUT2D eigenvalue weighted by molar-refractivity contribution is 7.10. The molecule has 164 valence electrons. The van der Waals surface area contributed by atoms with Gasteiger partial charge in [-0.2, -0.15) is 0 Å². The molecule has 0 spiro atoms. The Balaban J connectivity index is 1.44. The van der Waals surface area contributed by atoms with Crippen LogP contribution in [0.5, 0.6) is 0 Å². The summed E-state index contributed by atoms with van der Waals surface area (Å²) in [5.41, 5.74) is 2.79. The van der Waals surface area contributed by atoms with E-state index in [1.54, 1.807) is 4.90 Å². The number of carbonyl (C=O) groups excluding carboxylic acids is 3. The van der Waals surface area contributed by atoms with Crippen LogP contribution in [0.2, 0.25) is 0 Å². The molecule has 0 saturated carbocycles. The van der Waals surface area contributed by atoms with Crippen molar-refractivity contribution < 1.29 is 19.1 Å². The maximum Gasteiger partial charge on any atom is 0.312 e. The number of benzene rings is 2. The Morgan fingerprint density at radius 3 is 2.50 bits per heavy atom. The lowest BCUT2D eigenvalue weighted by molar-refractivity contribution is -0.153. The highest BCUT2D eigenvalue weighted by Crippen LogP contribution is 2.43. The van der Waals surface area contributed by atoms with Crippen LogP contribution in [0.1, 0.15) is 28.5 Å². The summed E-state index contributed by atoms with van der Waals surface area (Å²) < 4.78 is 5.33. The van der Waals surface area contributed by atoms with E-state index >= 15 is 0 Å². The normalized spacial score (nSPS) is 17.9. The van der Waals surface area contributed by atoms with Crippen molar-refractivity contribution in [1.82, 2.24) is 5.32 Å². The Morgan fingerprint density at radius 1 is 1.06 bits per heavy atom. The predicted molar refractivity (Wildman–Crippen MR) is 123 cm³/mol. The van der Waals surface area contributed by atoms with E-state index in [0.29, 0.717) is 6.54 Å². The standard InChI is InChI=1S/C25H24N2O4S/c1-17-9-11-19(12-10-17)27-23(29)14-20(24(27)21-8-5-13-32-21)25(30)31-16-22(28)26-15-18-6-3-2-4-7-18/h2-13,20,24H,14-16H2,1H3,(H,26,28). The molecule has 2 atom stereocenters. The highest BCUT2D eigenvalue weighted by Gasteiger charge is 2.46. The molecule has 1 aromatic heterocycles. The maximum absolute atomic E-state index is 12.9. The van der Waals surface area contributed by atoms with Crippen LogP contribution in [0.25, 0.3) is 0 Å². The van der Waals surface area contributed by atoms with E-state index in [1.165, 1.54) is 11.3 Å². The summed E-state index contributed by atoms with van der Waals surface area (Å²) in [5.74, 6) is -1.73. The second-order valence-electron chi connectivity index (χ2n) is 7.74. The van der Waals surface area contributed by atoms with Crippen molar-refractivity contribution >= 4 is 34.8 Å². The van der Waals surface area contributed by atoms with E-state index in [4.69, 9.17) is 4.74 Å². The van der Waals surface area contributed by atoms with Crippen LogP contribution in [-0.4, -0.2) is 24.4 Å². The molecule has 1 aliphatic heterocycles. The Bertz CT molecular complexity index is 1080. The van der Waals surface area contributed by atoms with Gasteiger partial charge in [0.05, 0.1) is 12.0 Å². The fourth-order valence-corrected chi connectivity index (χ4v) is 4.71. The first-order chi connectivity index (χ1) is 15.5. The molecule has 1 aliphatic rings. The Morgan fingerprint density at radius 2 is 1.81 bits per heavy atom. The van der Waals surface area contributed by atoms with E-state index in [2.05, 4.69) is 5.32 Å². The zero-order valence-electron chi connectivity index (χ0n) is 17.7. The number of hydrogen-bond acceptors (Lipinski definition) is 5. The minimum Gasteiger partial charge on any atom is -0.455 e. The fourth-order valence-electron chi connectivity index (χ4n) is 3.83. The van der Waals surface area contributed by atoms with Crippen molar-refractivity contribution in [3.8, 4) is 0 Å². The van der Waals surface area contributed by atoms with E-state index in [0.717, 1.165) is 21.7 Å². The van der Waals surface area contributed by atoms with Gasteiger partial charge in [0.1, 0.15) is 0 Å². The van der Waals surface area contributed by atoms with Gasteiger partial charge in [-0.1, -0.05) is 54.1 Å². The number of rotatable bonds is 7. The van der Waals surface area contributed by atoms with Gasteiger partial charge < -0.3 is 15.0 Å². The van der Waals surface area contributed by atoms with Gasteiger partial charge in [-0.05, 0) is 36.1 Å². The van der Waals surface area contributed by atoms with Gasteiger partial charge in [0.15, 0.2) is 6.61 Å². The molecule has 1 saturated heterocycles. The number of esters is 1. The first-order valence-electron chi connectivity index (χ1n) is 10.4. The predicted octanol–water partition coefficient (Wildman–Crippen LogP) is 4.01. The lowest BCUT2D eigenvalue weighted by atomic mass is 9.99. The Hall–Kier alpha value is -3.45. The summed E-state index contributed by atoms with van der Waals surface area (Å²) in [6, 6.07) is 20.5. The largest absolute Gasteiger partial charge is 0.455 e. The summed E-state index contributed by atoms with van der Waals surface area (Å²) in [5, 5.41) is 4.66. The van der Waals surface area contributed by atoms with Gasteiger partial charge in [-0.25, -0.2) is 0 Å². The molecule has 4 rings (SSSR count). The Labute approximate surface area is 190 Å². The summed E-state index contributed by atoms with van der Waals surface area (Å²) >= 11 is 1.49. The van der Waals surface area contributed by atoms with Gasteiger partial charge >= 0.3 is 5.97 Å². The second kappa shape index (κ2) is 9.78. The minimum atomic E-state index is -0.677. The molecule has 0 aliphatic carbocycles. The molecule has 0 radical (unpaired) electrons. The smallest absolute Gasteiger partial charge is 0.312 e. The fraction of sp³-hybridized carbons (Fsp3) is 0.240. The maximum atomic E-state index is 12.9. The zero-order valence-corrected chi connectivity index (χ0v) is 18.5. The molecule has 0 bridgehead atoms. The van der Waals surface area contributed by atoms with E-state index < -0.39 is 17.9 Å². The number of nitrogens with zero attached hydrogens (tertiary/aromatic N) is 1. The van der Waals surface area contributed by atoms with Gasteiger partial charge in [0, 0.05) is 23.5 Å². The molecule has 1 fully saturated rings. The van der Waals surface area contributed by atoms with E-state index in [1.807, 2.05) is 79.0 Å². The van der Waals surface area contributed by atoms with Crippen LogP contribution in [0.3, 0.4) is 0 Å². The van der Waals surface area contributed by atoms with Crippen LogP contribution < -0.4 is 10.2 Å². The molecule has 7 heteroatoms. The minimum absolute atomic E-state index is 0.0426. The molecular weight excluding hydrogens is 424 g/mol. The number of hydrogen-bond donors (Lipinski definition) is 1. The van der Waals surface area contributed by atoms with Crippen LogP contribution in [0.4, 0.5) is 5.69 Å². The summed E-state index contributed by atoms with van der Waals surface area (Å²) in [7, 11) is 0. The molecule has 2 amide bonds. The van der Waals surface area contributed by atoms with E-state index in [9.17, 15) is 14.4 Å². The first-order valence-corrected chi connectivity index (χ1v) is 11.3. The average Bonchev–Trinajstić information content (AvgIpc) is 3.45. The lowest BCUT2D eigenvalue weighted by Gasteiger charge is -2.27. The van der Waals surface area contributed by atoms with Gasteiger partial charge in [0.2, 0.25) is 5.91 Å². The number of anilines is 1. The van der Waals surface area contributed by atoms with Gasteiger partial charge in [-0.15, -0.1) is 11.3 Å². The molecule has 6 nitrogen and oxygen atoms in total. The number of thiophene rings is 1. The van der Waals surface area contributed by atoms with Crippen LogP contribution >= 0.6 is 11.3 Å². The summed E-state index contributed by atoms with van der Waals surface area (Å²) in [6.45, 7) is 1.96. The average molecular weight is 449 g/mol. The highest BCUT2D eigenvalue weighted by atomic mass is 32.1. The SMILES string of the molecule is Cc1ccc(N2C(=O)CC(C(=O)OCC(=O)NCc3ccccc3)C2c2cccs2)cc1. The monoisotopic (exact) mass is 448 g/mol. The van der Waals surface area contributed by atoms with Crippen molar-refractivity contribution in [2.75, 3.05) is 11.5 Å². The number of ether oxygens (including phenoxy) is 1. The zero-order chi connectivity index (χ0) is 22.5. The van der Waals surface area contributed by atoms with Crippen LogP contribution in [0, 0.1) is 12.8 Å². The van der Waals surface area contributed by atoms with Crippen molar-refractivity contribution in [2.24, 2.45) is 5.92 Å². The molecule has 2 aromatic carbocycles. The first kappa shape index (κ1) is 21.8. The van der Waals surface area contributed by atoms with Crippen molar-refractivity contribution in [1.29, 1.82) is 0 Å². The number of amides is 2. The lowest BCUT2D eigenvalue weighted by Crippen LogP contribution is -2.33. The molecule has 2 heterocycles. The Kier molecular flexibility index (Phi) is 6.66. The third-order valence-corrected chi connectivity index (χ3v) is 6.39. The van der Waals surface area contributed by atoms with Crippen LogP contribution in [-0.2, 0) is 25.7 Å². The van der Waals surface area contributed by atoms with Crippen molar-refractivity contribution in [2.45, 2.75) is 25.9 Å². The topological polar surface area (TPSA) is 75.7 Å². The number of aryl methyl sites for hydroxylation is 1. The van der Waals surface area contributed by atoms with E-state index in [-0.39, 0.29) is 24.8 Å². The molecule has 2 unspecified atom stereocenters. The molecular formula is C25H24N2O4S. The number of carbonyl (C=O) groups is 3. The molecule has 32 heavy (non-hydrogen) atoms. The molecule has 3 aromatic rings. The summed E-state index contributed by atoms with van der Waals surface area (Å²) in [4.78, 5) is 40.6. The third kappa shape index (κ3) is 4.89.